The molecule has 1 aliphatic heterocycles. The summed E-state index contributed by atoms with van der Waals surface area (Å²) in [7, 11) is 0. The van der Waals surface area contributed by atoms with Crippen molar-refractivity contribution in [2.24, 2.45) is 11.5 Å². The normalized spacial score (nSPS) is 17.6. The van der Waals surface area contributed by atoms with Crippen LogP contribution in [0.15, 0.2) is 0 Å². The van der Waals surface area contributed by atoms with Crippen LogP contribution in [0.1, 0.15) is 32.1 Å². The molecule has 3 unspecified atom stereocenters. The number of carbonyl (C=O) groups is 6. The van der Waals surface area contributed by atoms with Crippen molar-refractivity contribution in [3.05, 3.63) is 0 Å². The zero-order chi connectivity index (χ0) is 22.0. The average Bonchev–Trinajstić information content (AvgIpc) is 3.16. The molecular formula is C16H26N6O7. The number of nitrogens with one attached hydrogen (secondary N) is 4. The quantitative estimate of drug-likeness (QED) is 0.166. The molecule has 162 valence electrons. The van der Waals surface area contributed by atoms with Crippen molar-refractivity contribution < 1.29 is 33.9 Å². The topological polar surface area (TPSA) is 223 Å². The largest absolute Gasteiger partial charge is 0.480 e. The minimum atomic E-state index is -1.45. The number of hydrogen-bond donors (Lipinski definition) is 7. The maximum Gasteiger partial charge on any atom is 0.326 e. The molecule has 0 aromatic rings. The van der Waals surface area contributed by atoms with Crippen LogP contribution in [0.25, 0.3) is 0 Å². The molecule has 0 spiro atoms. The van der Waals surface area contributed by atoms with Gasteiger partial charge in [-0.05, 0) is 25.8 Å². The molecule has 1 rings (SSSR count). The van der Waals surface area contributed by atoms with Gasteiger partial charge in [-0.2, -0.15) is 0 Å². The summed E-state index contributed by atoms with van der Waals surface area (Å²) in [6, 6.07) is -3.29. The molecule has 0 saturated carbocycles. The Morgan fingerprint density at radius 2 is 1.72 bits per heavy atom. The van der Waals surface area contributed by atoms with Crippen molar-refractivity contribution >= 4 is 35.5 Å². The van der Waals surface area contributed by atoms with Crippen LogP contribution in [-0.4, -0.2) is 71.8 Å². The van der Waals surface area contributed by atoms with Crippen molar-refractivity contribution in [2.45, 2.75) is 50.2 Å². The summed E-state index contributed by atoms with van der Waals surface area (Å²) in [4.78, 5) is 69.5. The number of rotatable bonds is 12. The lowest BCUT2D eigenvalue weighted by Crippen LogP contribution is -2.54. The summed E-state index contributed by atoms with van der Waals surface area (Å²) >= 11 is 0. The summed E-state index contributed by atoms with van der Waals surface area (Å²) in [5.74, 6) is -5.18. The molecule has 0 bridgehead atoms. The summed E-state index contributed by atoms with van der Waals surface area (Å²) in [5, 5.41) is 18.9. The molecule has 1 fully saturated rings. The predicted molar refractivity (Wildman–Crippen MR) is 97.8 cm³/mol. The highest BCUT2D eigenvalue weighted by atomic mass is 16.4. The first-order chi connectivity index (χ1) is 13.6. The van der Waals surface area contributed by atoms with Crippen LogP contribution in [-0.2, 0) is 28.8 Å². The van der Waals surface area contributed by atoms with Crippen LogP contribution in [0.3, 0.4) is 0 Å². The second kappa shape index (κ2) is 11.6. The van der Waals surface area contributed by atoms with E-state index in [-0.39, 0.29) is 18.7 Å². The second-order valence-corrected chi connectivity index (χ2v) is 6.56. The second-order valence-electron chi connectivity index (χ2n) is 6.56. The van der Waals surface area contributed by atoms with Gasteiger partial charge in [0.25, 0.3) is 0 Å². The fraction of sp³-hybridized carbons (Fsp3) is 0.625. The third kappa shape index (κ3) is 9.01. The van der Waals surface area contributed by atoms with Crippen molar-refractivity contribution in [3.63, 3.8) is 0 Å². The highest BCUT2D eigenvalue weighted by Crippen LogP contribution is 2.04. The van der Waals surface area contributed by atoms with Crippen molar-refractivity contribution in [1.82, 2.24) is 21.3 Å². The fourth-order valence-electron chi connectivity index (χ4n) is 2.67. The van der Waals surface area contributed by atoms with Gasteiger partial charge in [0.1, 0.15) is 12.1 Å². The first kappa shape index (κ1) is 23.8. The molecule has 9 N–H and O–H groups in total. The molecular weight excluding hydrogens is 388 g/mol. The smallest absolute Gasteiger partial charge is 0.326 e. The van der Waals surface area contributed by atoms with Crippen LogP contribution in [0.2, 0.25) is 0 Å². The van der Waals surface area contributed by atoms with Crippen LogP contribution in [0.4, 0.5) is 0 Å². The predicted octanol–water partition coefficient (Wildman–Crippen LogP) is -3.95. The SMILES string of the molecule is NC(=O)CCC(NC(=O)C(CC(N)=O)NC(=O)CNC(=O)C1CCCN1)C(=O)O. The number of carboxylic acid groups (broad SMARTS) is 1. The Morgan fingerprint density at radius 3 is 2.24 bits per heavy atom. The Hall–Kier alpha value is -3.22. The van der Waals surface area contributed by atoms with Crippen LogP contribution in [0.5, 0.6) is 0 Å². The minimum absolute atomic E-state index is 0.266. The molecule has 1 aliphatic rings. The molecule has 1 heterocycles. The minimum Gasteiger partial charge on any atom is -0.480 e. The molecule has 0 aliphatic carbocycles. The van der Waals surface area contributed by atoms with Crippen molar-refractivity contribution in [2.75, 3.05) is 13.1 Å². The molecule has 5 amide bonds. The Labute approximate surface area is 166 Å². The number of hydrogen-bond acceptors (Lipinski definition) is 7. The maximum absolute atomic E-state index is 12.3. The standard InChI is InChI=1S/C16H26N6O7/c17-11(23)4-3-9(16(28)29)22-15(27)10(6-12(18)24)21-13(25)7-20-14(26)8-2-1-5-19-8/h8-10,19H,1-7H2,(H2,17,23)(H2,18,24)(H,20,26)(H,21,25)(H,22,27)(H,28,29). The van der Waals surface area contributed by atoms with Crippen LogP contribution >= 0.6 is 0 Å². The molecule has 3 atom stereocenters. The molecule has 0 aromatic carbocycles. The third-order valence-corrected chi connectivity index (χ3v) is 4.15. The van der Waals surface area contributed by atoms with Gasteiger partial charge >= 0.3 is 5.97 Å². The van der Waals surface area contributed by atoms with E-state index in [9.17, 15) is 28.8 Å². The van der Waals surface area contributed by atoms with Gasteiger partial charge in [-0.15, -0.1) is 0 Å². The van der Waals surface area contributed by atoms with E-state index in [2.05, 4.69) is 21.3 Å². The van der Waals surface area contributed by atoms with E-state index >= 15 is 0 Å². The van der Waals surface area contributed by atoms with Gasteiger partial charge in [0.05, 0.1) is 19.0 Å². The molecule has 13 heteroatoms. The van der Waals surface area contributed by atoms with E-state index in [1.54, 1.807) is 0 Å². The Kier molecular flexibility index (Phi) is 9.51. The molecule has 29 heavy (non-hydrogen) atoms. The lowest BCUT2D eigenvalue weighted by atomic mass is 10.1. The van der Waals surface area contributed by atoms with E-state index in [4.69, 9.17) is 16.6 Å². The number of nitrogens with two attached hydrogens (primary N) is 2. The van der Waals surface area contributed by atoms with Crippen LogP contribution in [0, 0.1) is 0 Å². The molecule has 1 saturated heterocycles. The summed E-state index contributed by atoms with van der Waals surface area (Å²) < 4.78 is 0. The van der Waals surface area contributed by atoms with Gasteiger partial charge in [0.15, 0.2) is 0 Å². The zero-order valence-electron chi connectivity index (χ0n) is 15.7. The van der Waals surface area contributed by atoms with Crippen LogP contribution < -0.4 is 32.7 Å². The van der Waals surface area contributed by atoms with E-state index in [1.165, 1.54) is 0 Å². The maximum atomic E-state index is 12.3. The number of primary amides is 2. The average molecular weight is 414 g/mol. The zero-order valence-corrected chi connectivity index (χ0v) is 15.7. The van der Waals surface area contributed by atoms with E-state index in [0.717, 1.165) is 6.42 Å². The molecule has 0 radical (unpaired) electrons. The Balaban J connectivity index is 2.63. The van der Waals surface area contributed by atoms with Gasteiger partial charge < -0.3 is 37.8 Å². The highest BCUT2D eigenvalue weighted by molar-refractivity contribution is 5.95. The summed E-state index contributed by atoms with van der Waals surface area (Å²) in [5.41, 5.74) is 10.0. The molecule has 13 nitrogen and oxygen atoms in total. The lowest BCUT2D eigenvalue weighted by Gasteiger charge is -2.20. The number of aliphatic carboxylic acids is 1. The van der Waals surface area contributed by atoms with Crippen molar-refractivity contribution in [1.29, 1.82) is 0 Å². The summed E-state index contributed by atoms with van der Waals surface area (Å²) in [6.45, 7) is 0.259. The highest BCUT2D eigenvalue weighted by Gasteiger charge is 2.28. The van der Waals surface area contributed by atoms with E-state index < -0.39 is 60.7 Å². The number of amides is 5. The third-order valence-electron chi connectivity index (χ3n) is 4.15. The van der Waals surface area contributed by atoms with Gasteiger partial charge in [0.2, 0.25) is 29.5 Å². The van der Waals surface area contributed by atoms with Gasteiger partial charge in [-0.1, -0.05) is 0 Å². The Bertz CT molecular complexity index is 662. The first-order valence-corrected chi connectivity index (χ1v) is 9.00. The first-order valence-electron chi connectivity index (χ1n) is 9.00. The van der Waals surface area contributed by atoms with Gasteiger partial charge in [-0.3, -0.25) is 24.0 Å². The van der Waals surface area contributed by atoms with E-state index in [0.29, 0.717) is 13.0 Å². The van der Waals surface area contributed by atoms with Gasteiger partial charge in [-0.25, -0.2) is 4.79 Å². The molecule has 0 aromatic heterocycles. The van der Waals surface area contributed by atoms with Crippen molar-refractivity contribution in [3.8, 4) is 0 Å². The monoisotopic (exact) mass is 414 g/mol. The van der Waals surface area contributed by atoms with Gasteiger partial charge in [0, 0.05) is 6.42 Å². The Morgan fingerprint density at radius 1 is 1.03 bits per heavy atom. The summed E-state index contributed by atoms with van der Waals surface area (Å²) in [6.07, 6.45) is 0.342. The van der Waals surface area contributed by atoms with E-state index in [1.807, 2.05) is 0 Å². The number of carbonyl (C=O) groups excluding carboxylic acids is 5. The lowest BCUT2D eigenvalue weighted by molar-refractivity contribution is -0.142. The fourth-order valence-corrected chi connectivity index (χ4v) is 2.67. The number of carboxylic acids is 1.